The van der Waals surface area contributed by atoms with E-state index < -0.39 is 0 Å². The number of likely N-dealkylation sites (tertiary alicyclic amines) is 1. The zero-order valence-corrected chi connectivity index (χ0v) is 13.3. The predicted octanol–water partition coefficient (Wildman–Crippen LogP) is 2.34. The number of nitrogens with zero attached hydrogens (tertiary/aromatic N) is 2. The van der Waals surface area contributed by atoms with Crippen molar-refractivity contribution in [2.75, 3.05) is 26.7 Å². The molecule has 0 aliphatic carbocycles. The maximum absolute atomic E-state index is 12.5. The quantitative estimate of drug-likeness (QED) is 0.856. The van der Waals surface area contributed by atoms with Crippen molar-refractivity contribution in [1.82, 2.24) is 9.80 Å². The van der Waals surface area contributed by atoms with E-state index in [0.717, 1.165) is 25.1 Å². The van der Waals surface area contributed by atoms with Crippen molar-refractivity contribution in [3.8, 4) is 0 Å². The van der Waals surface area contributed by atoms with Gasteiger partial charge in [0.15, 0.2) is 5.76 Å². The first kappa shape index (κ1) is 15.6. The Kier molecular flexibility index (Phi) is 4.70. The Morgan fingerprint density at radius 2 is 2.19 bits per heavy atom. The Labute approximate surface area is 125 Å². The summed E-state index contributed by atoms with van der Waals surface area (Å²) in [7, 11) is 1.80. The van der Waals surface area contributed by atoms with E-state index in [2.05, 4.69) is 0 Å². The van der Waals surface area contributed by atoms with Crippen LogP contribution < -0.4 is 0 Å². The van der Waals surface area contributed by atoms with E-state index in [1.165, 1.54) is 0 Å². The van der Waals surface area contributed by atoms with Crippen LogP contribution in [0.4, 0.5) is 0 Å². The van der Waals surface area contributed by atoms with Crippen molar-refractivity contribution in [2.45, 2.75) is 33.1 Å². The van der Waals surface area contributed by atoms with Crippen LogP contribution >= 0.6 is 0 Å². The van der Waals surface area contributed by atoms with Crippen LogP contribution in [0.25, 0.3) is 0 Å². The predicted molar refractivity (Wildman–Crippen MR) is 80.1 cm³/mol. The highest BCUT2D eigenvalue weighted by atomic mass is 16.3. The minimum atomic E-state index is -0.0787. The van der Waals surface area contributed by atoms with Crippen molar-refractivity contribution >= 4 is 11.8 Å². The topological polar surface area (TPSA) is 53.8 Å². The number of rotatable bonds is 4. The van der Waals surface area contributed by atoms with Crippen LogP contribution in [0.1, 0.15) is 49.2 Å². The molecular weight excluding hydrogens is 268 g/mol. The molecule has 1 fully saturated rings. The fourth-order valence-corrected chi connectivity index (χ4v) is 2.86. The minimum Gasteiger partial charge on any atom is -0.459 e. The van der Waals surface area contributed by atoms with Crippen molar-refractivity contribution in [3.63, 3.8) is 0 Å². The van der Waals surface area contributed by atoms with Gasteiger partial charge in [0.05, 0.1) is 6.26 Å². The van der Waals surface area contributed by atoms with Gasteiger partial charge in [0.1, 0.15) is 0 Å². The number of hydrogen-bond acceptors (Lipinski definition) is 3. The summed E-state index contributed by atoms with van der Waals surface area (Å²) in [5.74, 6) is 1.08. The van der Waals surface area contributed by atoms with E-state index in [4.69, 9.17) is 4.42 Å². The van der Waals surface area contributed by atoms with Crippen LogP contribution in [-0.4, -0.2) is 48.3 Å². The van der Waals surface area contributed by atoms with Gasteiger partial charge >= 0.3 is 0 Å². The smallest absolute Gasteiger partial charge is 0.289 e. The molecule has 0 spiro atoms. The number of carbonyl (C=O) groups excluding carboxylic acids is 2. The lowest BCUT2D eigenvalue weighted by molar-refractivity contribution is -0.127. The van der Waals surface area contributed by atoms with Crippen LogP contribution in [0.5, 0.6) is 0 Å². The zero-order valence-electron chi connectivity index (χ0n) is 13.3. The molecule has 1 saturated heterocycles. The molecule has 0 N–H and O–H groups in total. The third-order valence-corrected chi connectivity index (χ3v) is 4.12. The maximum atomic E-state index is 12.5. The van der Waals surface area contributed by atoms with Crippen molar-refractivity contribution in [2.24, 2.45) is 5.92 Å². The average molecular weight is 292 g/mol. The molecule has 5 heteroatoms. The van der Waals surface area contributed by atoms with Gasteiger partial charge in [-0.2, -0.15) is 0 Å². The largest absolute Gasteiger partial charge is 0.459 e. The summed E-state index contributed by atoms with van der Waals surface area (Å²) < 4.78 is 5.38. The number of amides is 2. The first-order valence-electron chi connectivity index (χ1n) is 7.48. The summed E-state index contributed by atoms with van der Waals surface area (Å²) in [6, 6.07) is 1.86. The van der Waals surface area contributed by atoms with Crippen molar-refractivity contribution in [3.05, 3.63) is 23.7 Å². The molecule has 2 heterocycles. The van der Waals surface area contributed by atoms with Crippen LogP contribution in [0.3, 0.4) is 0 Å². The van der Waals surface area contributed by atoms with Gasteiger partial charge in [0, 0.05) is 39.2 Å². The van der Waals surface area contributed by atoms with E-state index >= 15 is 0 Å². The highest BCUT2D eigenvalue weighted by molar-refractivity contribution is 5.93. The first-order chi connectivity index (χ1) is 9.90. The second kappa shape index (κ2) is 6.33. The number of hydrogen-bond donors (Lipinski definition) is 0. The highest BCUT2D eigenvalue weighted by Crippen LogP contribution is 2.23. The molecule has 1 unspecified atom stereocenters. The summed E-state index contributed by atoms with van der Waals surface area (Å²) in [5.41, 5.74) is 0.948. The molecule has 0 radical (unpaired) electrons. The van der Waals surface area contributed by atoms with Gasteiger partial charge in [-0.3, -0.25) is 9.59 Å². The van der Waals surface area contributed by atoms with Gasteiger partial charge in [0.2, 0.25) is 5.91 Å². The van der Waals surface area contributed by atoms with Gasteiger partial charge in [-0.1, -0.05) is 13.8 Å². The molecule has 2 rings (SSSR count). The Morgan fingerprint density at radius 1 is 1.48 bits per heavy atom. The second-order valence-corrected chi connectivity index (χ2v) is 6.17. The third-order valence-electron chi connectivity index (χ3n) is 4.12. The van der Waals surface area contributed by atoms with Gasteiger partial charge < -0.3 is 14.2 Å². The molecule has 0 saturated carbocycles. The lowest BCUT2D eigenvalue weighted by Gasteiger charge is -2.21. The summed E-state index contributed by atoms with van der Waals surface area (Å²) in [5, 5.41) is 0. The number of furan rings is 1. The zero-order chi connectivity index (χ0) is 15.6. The highest BCUT2D eigenvalue weighted by Gasteiger charge is 2.28. The molecule has 116 valence electrons. The molecule has 1 aromatic heterocycles. The molecule has 1 aliphatic heterocycles. The van der Waals surface area contributed by atoms with Crippen molar-refractivity contribution in [1.29, 1.82) is 0 Å². The standard InChI is InChI=1S/C16H24N2O3/c1-11(2)14-6-8-21-15(14)16(20)17(4)9-13-5-7-18(10-13)12(3)19/h6,8,11,13H,5,7,9-10H2,1-4H3. The number of carbonyl (C=O) groups is 2. The lowest BCUT2D eigenvalue weighted by atomic mass is 10.0. The molecule has 1 aliphatic rings. The summed E-state index contributed by atoms with van der Waals surface area (Å²) >= 11 is 0. The minimum absolute atomic E-state index is 0.0787. The molecule has 5 nitrogen and oxygen atoms in total. The normalized spacial score (nSPS) is 18.3. The van der Waals surface area contributed by atoms with Gasteiger partial charge in [-0.15, -0.1) is 0 Å². The van der Waals surface area contributed by atoms with Gasteiger partial charge in [-0.05, 0) is 24.3 Å². The second-order valence-electron chi connectivity index (χ2n) is 6.17. The molecule has 0 aromatic carbocycles. The van der Waals surface area contributed by atoms with E-state index in [9.17, 15) is 9.59 Å². The molecule has 2 amide bonds. The third kappa shape index (κ3) is 3.46. The van der Waals surface area contributed by atoms with E-state index in [1.54, 1.807) is 25.1 Å². The van der Waals surface area contributed by atoms with Crippen LogP contribution in [0.15, 0.2) is 16.7 Å². The van der Waals surface area contributed by atoms with Crippen LogP contribution in [-0.2, 0) is 4.79 Å². The summed E-state index contributed by atoms with van der Waals surface area (Å²) in [6.07, 6.45) is 2.52. The van der Waals surface area contributed by atoms with Gasteiger partial charge in [0.25, 0.3) is 5.91 Å². The van der Waals surface area contributed by atoms with E-state index in [1.807, 2.05) is 24.8 Å². The fourth-order valence-electron chi connectivity index (χ4n) is 2.86. The molecular formula is C16H24N2O3. The van der Waals surface area contributed by atoms with Crippen LogP contribution in [0.2, 0.25) is 0 Å². The molecule has 0 bridgehead atoms. The Hall–Kier alpha value is -1.78. The fraction of sp³-hybridized carbons (Fsp3) is 0.625. The van der Waals surface area contributed by atoms with E-state index in [-0.39, 0.29) is 17.7 Å². The van der Waals surface area contributed by atoms with Gasteiger partial charge in [-0.25, -0.2) is 0 Å². The first-order valence-corrected chi connectivity index (χ1v) is 7.48. The summed E-state index contributed by atoms with van der Waals surface area (Å²) in [4.78, 5) is 27.4. The molecule has 1 aromatic rings. The lowest BCUT2D eigenvalue weighted by Crippen LogP contribution is -2.34. The Balaban J connectivity index is 1.97. The molecule has 1 atom stereocenters. The monoisotopic (exact) mass is 292 g/mol. The van der Waals surface area contributed by atoms with E-state index in [0.29, 0.717) is 18.2 Å². The SMILES string of the molecule is CC(=O)N1CCC(CN(C)C(=O)c2occc2C(C)C)C1. The Morgan fingerprint density at radius 3 is 2.76 bits per heavy atom. The summed E-state index contributed by atoms with van der Waals surface area (Å²) in [6.45, 7) is 7.87. The van der Waals surface area contributed by atoms with Crippen molar-refractivity contribution < 1.29 is 14.0 Å². The molecule has 21 heavy (non-hydrogen) atoms. The Bertz CT molecular complexity index is 521. The average Bonchev–Trinajstić information content (AvgIpc) is 3.06. The van der Waals surface area contributed by atoms with Crippen LogP contribution in [0, 0.1) is 5.92 Å². The maximum Gasteiger partial charge on any atom is 0.289 e.